The van der Waals surface area contributed by atoms with Crippen LogP contribution < -0.4 is 0 Å². The molecule has 3 rings (SSSR count). The zero-order chi connectivity index (χ0) is 15.0. The highest BCUT2D eigenvalue weighted by molar-refractivity contribution is 6.30. The third kappa shape index (κ3) is 2.79. The maximum Gasteiger partial charge on any atom is 0.320 e. The van der Waals surface area contributed by atoms with Crippen LogP contribution in [0, 0.1) is 11.7 Å². The Hall–Kier alpha value is -1.13. The summed E-state index contributed by atoms with van der Waals surface area (Å²) in [5.74, 6) is -0.795. The van der Waals surface area contributed by atoms with Crippen molar-refractivity contribution in [2.45, 2.75) is 50.7 Å². The molecule has 1 aromatic rings. The topological polar surface area (TPSA) is 40.5 Å². The van der Waals surface area contributed by atoms with Crippen molar-refractivity contribution in [3.8, 4) is 0 Å². The zero-order valence-corrected chi connectivity index (χ0v) is 12.5. The highest BCUT2D eigenvalue weighted by Gasteiger charge is 2.45. The van der Waals surface area contributed by atoms with E-state index in [1.165, 1.54) is 12.5 Å². The number of carboxylic acids is 1. The molecule has 21 heavy (non-hydrogen) atoms. The zero-order valence-electron chi connectivity index (χ0n) is 11.8. The summed E-state index contributed by atoms with van der Waals surface area (Å²) in [6.07, 6.45) is 5.08. The number of fused-ring (bicyclic) bond motifs is 1. The molecule has 1 aliphatic heterocycles. The van der Waals surface area contributed by atoms with Gasteiger partial charge in [-0.05, 0) is 31.2 Å². The summed E-state index contributed by atoms with van der Waals surface area (Å²) in [5.41, 5.74) is 0.486. The minimum atomic E-state index is -0.799. The van der Waals surface area contributed by atoms with E-state index in [9.17, 15) is 14.3 Å². The molecule has 0 radical (unpaired) electrons. The molecule has 0 spiro atoms. The fourth-order valence-electron chi connectivity index (χ4n) is 3.89. The third-order valence-electron chi connectivity index (χ3n) is 4.89. The van der Waals surface area contributed by atoms with Crippen LogP contribution >= 0.6 is 11.6 Å². The molecule has 2 fully saturated rings. The van der Waals surface area contributed by atoms with Crippen LogP contribution in [0.4, 0.5) is 4.39 Å². The summed E-state index contributed by atoms with van der Waals surface area (Å²) >= 11 is 5.83. The first-order valence-electron chi connectivity index (χ1n) is 7.49. The quantitative estimate of drug-likeness (QED) is 0.925. The summed E-state index contributed by atoms with van der Waals surface area (Å²) in [6, 6.07) is 4.68. The fraction of sp³-hybridized carbons (Fsp3) is 0.562. The van der Waals surface area contributed by atoms with Gasteiger partial charge in [0.15, 0.2) is 0 Å². The number of aliphatic carboxylic acids is 1. The molecule has 0 aromatic heterocycles. The Kier molecular flexibility index (Phi) is 4.18. The van der Waals surface area contributed by atoms with Crippen LogP contribution in [0.25, 0.3) is 0 Å². The first kappa shape index (κ1) is 14.8. The van der Waals surface area contributed by atoms with Gasteiger partial charge in [-0.15, -0.1) is 0 Å². The lowest BCUT2D eigenvalue weighted by atomic mass is 9.84. The number of hydrogen-bond acceptors (Lipinski definition) is 2. The van der Waals surface area contributed by atoms with E-state index in [1.54, 1.807) is 12.1 Å². The predicted octanol–water partition coefficient (Wildman–Crippen LogP) is 3.70. The molecule has 5 heteroatoms. The second kappa shape index (κ2) is 5.93. The minimum Gasteiger partial charge on any atom is -0.480 e. The third-order valence-corrected chi connectivity index (χ3v) is 5.18. The second-order valence-electron chi connectivity index (χ2n) is 6.09. The van der Waals surface area contributed by atoms with Crippen molar-refractivity contribution >= 4 is 17.6 Å². The number of carboxylic acid groups (broad SMARTS) is 1. The van der Waals surface area contributed by atoms with Gasteiger partial charge in [0, 0.05) is 18.2 Å². The minimum absolute atomic E-state index is 0.0961. The van der Waals surface area contributed by atoms with Crippen molar-refractivity contribution in [2.75, 3.05) is 0 Å². The summed E-state index contributed by atoms with van der Waals surface area (Å²) in [4.78, 5) is 13.5. The van der Waals surface area contributed by atoms with Crippen LogP contribution in [0.2, 0.25) is 5.02 Å². The molecule has 1 saturated carbocycles. The molecule has 1 N–H and O–H groups in total. The van der Waals surface area contributed by atoms with Crippen LogP contribution in [0.1, 0.15) is 37.7 Å². The summed E-state index contributed by atoms with van der Waals surface area (Å²) in [7, 11) is 0. The van der Waals surface area contributed by atoms with Gasteiger partial charge in [-0.2, -0.15) is 0 Å². The van der Waals surface area contributed by atoms with Crippen LogP contribution in [0.5, 0.6) is 0 Å². The number of halogens is 2. The van der Waals surface area contributed by atoms with Crippen molar-refractivity contribution < 1.29 is 14.3 Å². The van der Waals surface area contributed by atoms with Gasteiger partial charge in [-0.3, -0.25) is 9.69 Å². The smallest absolute Gasteiger partial charge is 0.320 e. The number of nitrogens with zero attached hydrogens (tertiary/aromatic N) is 1. The number of benzene rings is 1. The van der Waals surface area contributed by atoms with Gasteiger partial charge in [0.2, 0.25) is 0 Å². The Balaban J connectivity index is 1.86. The number of carbonyl (C=O) groups is 1. The highest BCUT2D eigenvalue weighted by atomic mass is 35.5. The predicted molar refractivity (Wildman–Crippen MR) is 78.7 cm³/mol. The Morgan fingerprint density at radius 1 is 1.38 bits per heavy atom. The average molecular weight is 312 g/mol. The molecule has 1 saturated heterocycles. The SMILES string of the molecule is O=C(O)C1CC2CCCCC2N1Cc1cccc(Cl)c1F. The number of hydrogen-bond donors (Lipinski definition) is 1. The van der Waals surface area contributed by atoms with Gasteiger partial charge in [0.1, 0.15) is 11.9 Å². The van der Waals surface area contributed by atoms with Crippen molar-refractivity contribution in [2.24, 2.45) is 5.92 Å². The van der Waals surface area contributed by atoms with E-state index >= 15 is 0 Å². The first-order chi connectivity index (χ1) is 10.1. The van der Waals surface area contributed by atoms with E-state index in [4.69, 9.17) is 11.6 Å². The molecule has 3 unspecified atom stereocenters. The molecule has 1 heterocycles. The molecule has 1 aliphatic carbocycles. The number of rotatable bonds is 3. The molecule has 3 nitrogen and oxygen atoms in total. The maximum atomic E-state index is 14.1. The first-order valence-corrected chi connectivity index (χ1v) is 7.87. The summed E-state index contributed by atoms with van der Waals surface area (Å²) in [5, 5.41) is 9.57. The van der Waals surface area contributed by atoms with E-state index in [1.807, 2.05) is 4.90 Å². The van der Waals surface area contributed by atoms with E-state index in [-0.39, 0.29) is 11.1 Å². The lowest BCUT2D eigenvalue weighted by Gasteiger charge is -2.33. The Morgan fingerprint density at radius 3 is 2.90 bits per heavy atom. The van der Waals surface area contributed by atoms with Crippen molar-refractivity contribution in [3.05, 3.63) is 34.6 Å². The monoisotopic (exact) mass is 311 g/mol. The standard InChI is InChI=1S/C16H19ClFNO2/c17-12-6-3-5-11(15(12)18)9-19-13-7-2-1-4-10(13)8-14(19)16(20)21/h3,5-6,10,13-14H,1-2,4,7-9H2,(H,20,21). The van der Waals surface area contributed by atoms with Gasteiger partial charge >= 0.3 is 5.97 Å². The van der Waals surface area contributed by atoms with E-state index in [2.05, 4.69) is 0 Å². The highest BCUT2D eigenvalue weighted by Crippen LogP contribution is 2.40. The summed E-state index contributed by atoms with van der Waals surface area (Å²) in [6.45, 7) is 0.324. The second-order valence-corrected chi connectivity index (χ2v) is 6.49. The maximum absolute atomic E-state index is 14.1. The van der Waals surface area contributed by atoms with Gasteiger partial charge in [-0.1, -0.05) is 36.6 Å². The van der Waals surface area contributed by atoms with Gasteiger partial charge in [-0.25, -0.2) is 4.39 Å². The van der Waals surface area contributed by atoms with Crippen molar-refractivity contribution in [1.82, 2.24) is 4.90 Å². The van der Waals surface area contributed by atoms with E-state index in [0.717, 1.165) is 19.3 Å². The van der Waals surface area contributed by atoms with Crippen LogP contribution in [0.3, 0.4) is 0 Å². The number of likely N-dealkylation sites (tertiary alicyclic amines) is 1. The van der Waals surface area contributed by atoms with Gasteiger partial charge < -0.3 is 5.11 Å². The molecular formula is C16H19ClFNO2. The Labute approximate surface area is 128 Å². The largest absolute Gasteiger partial charge is 0.480 e. The molecule has 3 atom stereocenters. The Bertz CT molecular complexity index is 551. The Morgan fingerprint density at radius 2 is 2.14 bits per heavy atom. The molecule has 114 valence electrons. The molecule has 1 aromatic carbocycles. The van der Waals surface area contributed by atoms with E-state index < -0.39 is 17.8 Å². The van der Waals surface area contributed by atoms with Crippen molar-refractivity contribution in [3.63, 3.8) is 0 Å². The molecular weight excluding hydrogens is 293 g/mol. The van der Waals surface area contributed by atoms with Crippen LogP contribution in [0.15, 0.2) is 18.2 Å². The van der Waals surface area contributed by atoms with Crippen LogP contribution in [-0.2, 0) is 11.3 Å². The fourth-order valence-corrected chi connectivity index (χ4v) is 4.08. The van der Waals surface area contributed by atoms with E-state index in [0.29, 0.717) is 24.4 Å². The lowest BCUT2D eigenvalue weighted by molar-refractivity contribution is -0.142. The van der Waals surface area contributed by atoms with Gasteiger partial charge in [0.25, 0.3) is 0 Å². The van der Waals surface area contributed by atoms with Gasteiger partial charge in [0.05, 0.1) is 5.02 Å². The average Bonchev–Trinajstić information content (AvgIpc) is 2.83. The molecule has 0 bridgehead atoms. The normalized spacial score (nSPS) is 29.3. The lowest BCUT2D eigenvalue weighted by Crippen LogP contribution is -2.41. The van der Waals surface area contributed by atoms with Crippen molar-refractivity contribution in [1.29, 1.82) is 0 Å². The molecule has 0 amide bonds. The van der Waals surface area contributed by atoms with Crippen LogP contribution in [-0.4, -0.2) is 28.1 Å². The summed E-state index contributed by atoms with van der Waals surface area (Å²) < 4.78 is 14.1. The molecule has 2 aliphatic rings.